The van der Waals surface area contributed by atoms with Crippen LogP contribution in [0.1, 0.15) is 47.4 Å². The van der Waals surface area contributed by atoms with Gasteiger partial charge in [0.1, 0.15) is 5.60 Å². The first kappa shape index (κ1) is 24.8. The highest BCUT2D eigenvalue weighted by Gasteiger charge is 2.19. The molecule has 0 aliphatic rings. The monoisotopic (exact) mass is 483 g/mol. The maximum atomic E-state index is 12.7. The van der Waals surface area contributed by atoms with Gasteiger partial charge < -0.3 is 15.0 Å². The predicted molar refractivity (Wildman–Crippen MR) is 135 cm³/mol. The number of hydrogen-bond donors (Lipinski definition) is 1. The number of anilines is 1. The minimum atomic E-state index is -0.547. The third kappa shape index (κ3) is 7.91. The largest absolute Gasteiger partial charge is 0.444 e. The topological polar surface area (TPSA) is 71.5 Å². The number of ether oxygens (including phenoxy) is 1. The number of benzene rings is 2. The molecular weight excluding hydrogens is 454 g/mol. The summed E-state index contributed by atoms with van der Waals surface area (Å²) < 4.78 is 5.39. The van der Waals surface area contributed by atoms with Crippen molar-refractivity contribution >= 4 is 40.8 Å². The van der Waals surface area contributed by atoms with Gasteiger partial charge in [0.25, 0.3) is 5.91 Å². The van der Waals surface area contributed by atoms with Gasteiger partial charge in [0.2, 0.25) is 0 Å². The maximum Gasteiger partial charge on any atom is 0.410 e. The normalized spacial score (nSPS) is 11.2. The van der Waals surface area contributed by atoms with E-state index in [1.807, 2.05) is 76.2 Å². The number of amides is 2. The van der Waals surface area contributed by atoms with Crippen LogP contribution in [0.25, 0.3) is 0 Å². The van der Waals surface area contributed by atoms with Gasteiger partial charge in [-0.1, -0.05) is 12.1 Å². The summed E-state index contributed by atoms with van der Waals surface area (Å²) in [6, 6.07) is 15.0. The molecule has 1 heterocycles. The Labute approximate surface area is 203 Å². The molecule has 33 heavy (non-hydrogen) atoms. The number of rotatable bonds is 7. The van der Waals surface area contributed by atoms with E-state index in [1.54, 1.807) is 30.1 Å². The number of aromatic nitrogens is 1. The molecule has 0 unspecified atom stereocenters. The van der Waals surface area contributed by atoms with E-state index in [9.17, 15) is 9.59 Å². The summed E-state index contributed by atoms with van der Waals surface area (Å²) >= 11 is 3.35. The van der Waals surface area contributed by atoms with Crippen molar-refractivity contribution < 1.29 is 14.3 Å². The standard InChI is InChI=1S/C25H29N3O3S2/c1-17-26-21(15-32-17)16-33-22-11-9-19(10-12-22)23(29)27-20-8-6-7-18(13-20)14-28(5)24(30)31-25(2,3)4/h6-13,15H,14,16H2,1-5H3,(H,27,29). The van der Waals surface area contributed by atoms with Crippen molar-refractivity contribution in [1.82, 2.24) is 9.88 Å². The Morgan fingerprint density at radius 3 is 2.52 bits per heavy atom. The van der Waals surface area contributed by atoms with Crippen LogP contribution in [0.15, 0.2) is 58.8 Å². The molecule has 3 aromatic rings. The van der Waals surface area contributed by atoms with E-state index in [0.717, 1.165) is 26.9 Å². The molecule has 1 aromatic heterocycles. The Bertz CT molecular complexity index is 1100. The van der Waals surface area contributed by atoms with E-state index in [0.29, 0.717) is 17.8 Å². The molecule has 2 aromatic carbocycles. The average molecular weight is 484 g/mol. The van der Waals surface area contributed by atoms with Gasteiger partial charge in [0.15, 0.2) is 0 Å². The highest BCUT2D eigenvalue weighted by Crippen LogP contribution is 2.24. The second kappa shape index (κ2) is 10.9. The zero-order valence-corrected chi connectivity index (χ0v) is 21.2. The highest BCUT2D eigenvalue weighted by atomic mass is 32.2. The summed E-state index contributed by atoms with van der Waals surface area (Å²) in [7, 11) is 1.69. The highest BCUT2D eigenvalue weighted by molar-refractivity contribution is 7.98. The SMILES string of the molecule is Cc1nc(CSc2ccc(C(=O)Nc3cccc(CN(C)C(=O)OC(C)(C)C)c3)cc2)cs1. The predicted octanol–water partition coefficient (Wildman–Crippen LogP) is 6.36. The molecule has 0 fully saturated rings. The number of thioether (sulfide) groups is 1. The first-order valence-corrected chi connectivity index (χ1v) is 12.4. The van der Waals surface area contributed by atoms with Gasteiger partial charge in [-0.2, -0.15) is 0 Å². The first-order valence-electron chi connectivity index (χ1n) is 10.6. The van der Waals surface area contributed by atoms with Crippen LogP contribution in [0.2, 0.25) is 0 Å². The molecule has 0 saturated heterocycles. The van der Waals surface area contributed by atoms with E-state index >= 15 is 0 Å². The van der Waals surface area contributed by atoms with Crippen molar-refractivity contribution in [2.75, 3.05) is 12.4 Å². The number of nitrogens with zero attached hydrogens (tertiary/aromatic N) is 2. The summed E-state index contributed by atoms with van der Waals surface area (Å²) in [5.74, 6) is 0.625. The minimum Gasteiger partial charge on any atom is -0.444 e. The summed E-state index contributed by atoms with van der Waals surface area (Å²) in [5, 5.41) is 6.07. The van der Waals surface area contributed by atoms with Crippen LogP contribution in [-0.4, -0.2) is 34.5 Å². The number of carbonyl (C=O) groups is 2. The molecule has 0 spiro atoms. The Hall–Kier alpha value is -2.84. The number of carbonyl (C=O) groups excluding carboxylic acids is 2. The Morgan fingerprint density at radius 1 is 1.15 bits per heavy atom. The van der Waals surface area contributed by atoms with Gasteiger partial charge in [0, 0.05) is 40.9 Å². The second-order valence-corrected chi connectivity index (χ2v) is 10.8. The summed E-state index contributed by atoms with van der Waals surface area (Å²) in [4.78, 5) is 32.0. The van der Waals surface area contributed by atoms with Crippen LogP contribution in [0.4, 0.5) is 10.5 Å². The van der Waals surface area contributed by atoms with Crippen molar-refractivity contribution in [3.8, 4) is 0 Å². The quantitative estimate of drug-likeness (QED) is 0.396. The number of nitrogens with one attached hydrogen (secondary N) is 1. The molecule has 0 radical (unpaired) electrons. The summed E-state index contributed by atoms with van der Waals surface area (Å²) in [6.45, 7) is 7.88. The Kier molecular flexibility index (Phi) is 8.15. The molecule has 0 saturated carbocycles. The lowest BCUT2D eigenvalue weighted by Gasteiger charge is -2.24. The molecule has 2 amide bonds. The van der Waals surface area contributed by atoms with E-state index in [4.69, 9.17) is 4.74 Å². The molecule has 0 aliphatic carbocycles. The fourth-order valence-electron chi connectivity index (χ4n) is 2.96. The molecule has 6 nitrogen and oxygen atoms in total. The molecule has 0 bridgehead atoms. The number of thiazole rings is 1. The van der Waals surface area contributed by atoms with E-state index < -0.39 is 5.60 Å². The van der Waals surface area contributed by atoms with Gasteiger partial charge in [-0.25, -0.2) is 9.78 Å². The lowest BCUT2D eigenvalue weighted by Crippen LogP contribution is -2.33. The van der Waals surface area contributed by atoms with E-state index in [1.165, 1.54) is 4.90 Å². The van der Waals surface area contributed by atoms with Crippen molar-refractivity contribution in [1.29, 1.82) is 0 Å². The molecule has 1 N–H and O–H groups in total. The van der Waals surface area contributed by atoms with Crippen molar-refractivity contribution in [2.45, 2.75) is 50.5 Å². The molecule has 8 heteroatoms. The Balaban J connectivity index is 1.56. The third-order valence-corrected chi connectivity index (χ3v) is 6.35. The molecule has 3 rings (SSSR count). The zero-order valence-electron chi connectivity index (χ0n) is 19.5. The van der Waals surface area contributed by atoms with Gasteiger partial charge in [0.05, 0.1) is 10.7 Å². The second-order valence-electron chi connectivity index (χ2n) is 8.66. The number of aryl methyl sites for hydroxylation is 1. The zero-order chi connectivity index (χ0) is 24.0. The van der Waals surface area contributed by atoms with Crippen LogP contribution >= 0.6 is 23.1 Å². The van der Waals surface area contributed by atoms with Crippen LogP contribution in [0, 0.1) is 6.92 Å². The number of hydrogen-bond acceptors (Lipinski definition) is 6. The smallest absolute Gasteiger partial charge is 0.410 e. The van der Waals surface area contributed by atoms with Crippen LogP contribution in [0.5, 0.6) is 0 Å². The van der Waals surface area contributed by atoms with Gasteiger partial charge in [-0.05, 0) is 69.7 Å². The van der Waals surface area contributed by atoms with Crippen LogP contribution in [-0.2, 0) is 17.0 Å². The lowest BCUT2D eigenvalue weighted by molar-refractivity contribution is 0.0285. The van der Waals surface area contributed by atoms with Crippen molar-refractivity contribution in [3.05, 3.63) is 75.7 Å². The molecule has 174 valence electrons. The third-order valence-electron chi connectivity index (χ3n) is 4.48. The summed E-state index contributed by atoms with van der Waals surface area (Å²) in [5.41, 5.74) is 2.67. The van der Waals surface area contributed by atoms with E-state index in [2.05, 4.69) is 15.7 Å². The minimum absolute atomic E-state index is 0.181. The summed E-state index contributed by atoms with van der Waals surface area (Å²) in [6.07, 6.45) is -0.389. The van der Waals surface area contributed by atoms with Gasteiger partial charge in [-0.15, -0.1) is 23.1 Å². The molecule has 0 atom stereocenters. The first-order chi connectivity index (χ1) is 15.6. The average Bonchev–Trinajstić information content (AvgIpc) is 3.17. The van der Waals surface area contributed by atoms with Gasteiger partial charge >= 0.3 is 6.09 Å². The lowest BCUT2D eigenvalue weighted by atomic mass is 10.1. The Morgan fingerprint density at radius 2 is 1.88 bits per heavy atom. The molecule has 0 aliphatic heterocycles. The van der Waals surface area contributed by atoms with Crippen molar-refractivity contribution in [2.24, 2.45) is 0 Å². The fourth-order valence-corrected chi connectivity index (χ4v) is 4.47. The van der Waals surface area contributed by atoms with Crippen molar-refractivity contribution in [3.63, 3.8) is 0 Å². The van der Waals surface area contributed by atoms with Crippen LogP contribution in [0.3, 0.4) is 0 Å². The maximum absolute atomic E-state index is 12.7. The van der Waals surface area contributed by atoms with E-state index in [-0.39, 0.29) is 12.0 Å². The molecular formula is C25H29N3O3S2. The van der Waals surface area contributed by atoms with Gasteiger partial charge in [-0.3, -0.25) is 4.79 Å². The fraction of sp³-hybridized carbons (Fsp3) is 0.320. The van der Waals surface area contributed by atoms with Crippen LogP contribution < -0.4 is 5.32 Å².